The second-order valence-electron chi connectivity index (χ2n) is 6.76. The number of nitrogens with two attached hydrogens (primary N) is 1. The summed E-state index contributed by atoms with van der Waals surface area (Å²) in [6, 6.07) is 0. The molecule has 17 heavy (non-hydrogen) atoms. The topological polar surface area (TPSA) is 46.3 Å². The van der Waals surface area contributed by atoms with Crippen LogP contribution in [0.2, 0.25) is 0 Å². The molecule has 0 rings (SSSR count). The molecule has 3 heteroatoms. The summed E-state index contributed by atoms with van der Waals surface area (Å²) in [5, 5.41) is 0. The van der Waals surface area contributed by atoms with Crippen molar-refractivity contribution in [1.29, 1.82) is 0 Å². The maximum Gasteiger partial charge on any atom is 0.227 e. The Hall–Kier alpha value is -0.570. The van der Waals surface area contributed by atoms with Crippen molar-refractivity contribution in [2.75, 3.05) is 13.6 Å². The van der Waals surface area contributed by atoms with E-state index < -0.39 is 0 Å². The zero-order valence-electron chi connectivity index (χ0n) is 12.6. The van der Waals surface area contributed by atoms with Crippen molar-refractivity contribution in [1.82, 2.24) is 4.90 Å². The summed E-state index contributed by atoms with van der Waals surface area (Å²) >= 11 is 0. The van der Waals surface area contributed by atoms with E-state index in [1.54, 1.807) is 0 Å². The molecule has 1 amide bonds. The molecule has 0 aliphatic heterocycles. The van der Waals surface area contributed by atoms with Gasteiger partial charge in [0.2, 0.25) is 5.91 Å². The Morgan fingerprint density at radius 2 is 1.71 bits per heavy atom. The van der Waals surface area contributed by atoms with Gasteiger partial charge in [-0.2, -0.15) is 0 Å². The molecule has 0 aromatic rings. The van der Waals surface area contributed by atoms with Gasteiger partial charge in [-0.3, -0.25) is 4.79 Å². The lowest BCUT2D eigenvalue weighted by Crippen LogP contribution is -2.49. The van der Waals surface area contributed by atoms with Crippen LogP contribution in [-0.4, -0.2) is 29.9 Å². The predicted octanol–water partition coefficient (Wildman–Crippen LogP) is 2.64. The molecule has 0 spiro atoms. The monoisotopic (exact) mass is 242 g/mol. The molecule has 0 radical (unpaired) electrons. The first-order chi connectivity index (χ1) is 7.55. The zero-order chi connectivity index (χ0) is 13.9. The number of hydrogen-bond acceptors (Lipinski definition) is 2. The number of carbonyl (C=O) groups is 1. The highest BCUT2D eigenvalue weighted by Gasteiger charge is 2.32. The first-order valence-electron chi connectivity index (χ1n) is 6.53. The van der Waals surface area contributed by atoms with Gasteiger partial charge in [0.05, 0.1) is 5.92 Å². The lowest BCUT2D eigenvalue weighted by molar-refractivity contribution is -0.139. The first-order valence-corrected chi connectivity index (χ1v) is 6.53. The normalized spacial score (nSPS) is 14.6. The Labute approximate surface area is 107 Å². The van der Waals surface area contributed by atoms with E-state index in [4.69, 9.17) is 5.73 Å². The van der Waals surface area contributed by atoms with Crippen molar-refractivity contribution in [3.05, 3.63) is 0 Å². The Morgan fingerprint density at radius 1 is 1.24 bits per heavy atom. The Bertz CT molecular complexity index is 253. The number of carbonyl (C=O) groups excluding carboxylic acids is 1. The van der Waals surface area contributed by atoms with Crippen LogP contribution in [0.15, 0.2) is 0 Å². The zero-order valence-corrected chi connectivity index (χ0v) is 12.6. The van der Waals surface area contributed by atoms with Gasteiger partial charge in [-0.15, -0.1) is 0 Å². The van der Waals surface area contributed by atoms with Crippen LogP contribution in [-0.2, 0) is 4.79 Å². The van der Waals surface area contributed by atoms with Gasteiger partial charge in [0.1, 0.15) is 0 Å². The first kappa shape index (κ1) is 16.4. The van der Waals surface area contributed by atoms with Gasteiger partial charge < -0.3 is 10.6 Å². The van der Waals surface area contributed by atoms with Crippen LogP contribution in [0.5, 0.6) is 0 Å². The van der Waals surface area contributed by atoms with Crippen LogP contribution >= 0.6 is 0 Å². The maximum absolute atomic E-state index is 12.4. The molecular weight excluding hydrogens is 212 g/mol. The van der Waals surface area contributed by atoms with E-state index in [0.717, 1.165) is 12.8 Å². The van der Waals surface area contributed by atoms with Crippen molar-refractivity contribution in [3.8, 4) is 0 Å². The molecule has 0 fully saturated rings. The molecule has 0 aromatic carbocycles. The molecule has 0 saturated carbocycles. The third-order valence-electron chi connectivity index (χ3n) is 3.60. The lowest BCUT2D eigenvalue weighted by atomic mass is 9.83. The van der Waals surface area contributed by atoms with Crippen LogP contribution in [0.1, 0.15) is 54.4 Å². The molecule has 1 atom stereocenters. The molecule has 0 heterocycles. The van der Waals surface area contributed by atoms with Crippen LogP contribution in [0.3, 0.4) is 0 Å². The third-order valence-corrected chi connectivity index (χ3v) is 3.60. The van der Waals surface area contributed by atoms with E-state index >= 15 is 0 Å². The second kappa shape index (κ2) is 5.85. The van der Waals surface area contributed by atoms with E-state index in [1.165, 1.54) is 0 Å². The SMILES string of the molecule is CCC(C)(C)N(C)C(=O)C(CN)CC(C)(C)C. The highest BCUT2D eigenvalue weighted by molar-refractivity contribution is 5.79. The predicted molar refractivity (Wildman–Crippen MR) is 73.8 cm³/mol. The fourth-order valence-corrected chi connectivity index (χ4v) is 1.82. The van der Waals surface area contributed by atoms with Gasteiger partial charge >= 0.3 is 0 Å². The van der Waals surface area contributed by atoms with Crippen LogP contribution in [0.25, 0.3) is 0 Å². The van der Waals surface area contributed by atoms with Gasteiger partial charge in [-0.1, -0.05) is 27.7 Å². The fraction of sp³-hybridized carbons (Fsp3) is 0.929. The molecular formula is C14H30N2O. The molecule has 1 unspecified atom stereocenters. The van der Waals surface area contributed by atoms with Gasteiger partial charge in [-0.05, 0) is 32.1 Å². The number of rotatable bonds is 5. The summed E-state index contributed by atoms with van der Waals surface area (Å²) in [4.78, 5) is 14.3. The Morgan fingerprint density at radius 3 is 2.00 bits per heavy atom. The smallest absolute Gasteiger partial charge is 0.227 e. The van der Waals surface area contributed by atoms with Gasteiger partial charge in [0.15, 0.2) is 0 Å². The summed E-state index contributed by atoms with van der Waals surface area (Å²) in [5.74, 6) is 0.111. The summed E-state index contributed by atoms with van der Waals surface area (Å²) in [7, 11) is 1.89. The summed E-state index contributed by atoms with van der Waals surface area (Å²) < 4.78 is 0. The van der Waals surface area contributed by atoms with E-state index in [1.807, 2.05) is 11.9 Å². The van der Waals surface area contributed by atoms with E-state index in [0.29, 0.717) is 6.54 Å². The van der Waals surface area contributed by atoms with Crippen molar-refractivity contribution in [2.24, 2.45) is 17.1 Å². The quantitative estimate of drug-likeness (QED) is 0.805. The van der Waals surface area contributed by atoms with Crippen LogP contribution in [0.4, 0.5) is 0 Å². The molecule has 2 N–H and O–H groups in total. The summed E-state index contributed by atoms with van der Waals surface area (Å²) in [6.45, 7) is 13.2. The van der Waals surface area contributed by atoms with Crippen molar-refractivity contribution < 1.29 is 4.79 Å². The van der Waals surface area contributed by atoms with Crippen molar-refractivity contribution >= 4 is 5.91 Å². The number of hydrogen-bond donors (Lipinski definition) is 1. The molecule has 3 nitrogen and oxygen atoms in total. The van der Waals surface area contributed by atoms with Crippen molar-refractivity contribution in [3.63, 3.8) is 0 Å². The van der Waals surface area contributed by atoms with Crippen molar-refractivity contribution in [2.45, 2.75) is 59.9 Å². The summed E-state index contributed by atoms with van der Waals surface area (Å²) in [6.07, 6.45) is 1.79. The largest absolute Gasteiger partial charge is 0.340 e. The van der Waals surface area contributed by atoms with Gasteiger partial charge in [0.25, 0.3) is 0 Å². The molecule has 0 saturated heterocycles. The number of amides is 1. The van der Waals surface area contributed by atoms with E-state index in [2.05, 4.69) is 41.5 Å². The summed E-state index contributed by atoms with van der Waals surface area (Å²) in [5.41, 5.74) is 5.80. The second-order valence-corrected chi connectivity index (χ2v) is 6.76. The van der Waals surface area contributed by atoms with E-state index in [-0.39, 0.29) is 22.8 Å². The molecule has 0 bridgehead atoms. The Balaban J connectivity index is 4.76. The van der Waals surface area contributed by atoms with Gasteiger partial charge in [0, 0.05) is 19.1 Å². The third kappa shape index (κ3) is 5.07. The van der Waals surface area contributed by atoms with Gasteiger partial charge in [-0.25, -0.2) is 0 Å². The minimum absolute atomic E-state index is 0.0641. The molecule has 0 aliphatic rings. The highest BCUT2D eigenvalue weighted by atomic mass is 16.2. The standard InChI is InChI=1S/C14H30N2O/c1-8-14(5,6)16(7)12(17)11(10-15)9-13(2,3)4/h11H,8-10,15H2,1-7H3. The van der Waals surface area contributed by atoms with E-state index in [9.17, 15) is 4.79 Å². The fourth-order valence-electron chi connectivity index (χ4n) is 1.82. The Kier molecular flexibility index (Phi) is 5.66. The van der Waals surface area contributed by atoms with Crippen LogP contribution in [0, 0.1) is 11.3 Å². The average molecular weight is 242 g/mol. The van der Waals surface area contributed by atoms with Crippen LogP contribution < -0.4 is 5.73 Å². The average Bonchev–Trinajstić information content (AvgIpc) is 2.22. The highest BCUT2D eigenvalue weighted by Crippen LogP contribution is 2.27. The molecule has 0 aromatic heterocycles. The number of nitrogens with zero attached hydrogens (tertiary/aromatic N) is 1. The molecule has 0 aliphatic carbocycles. The lowest BCUT2D eigenvalue weighted by Gasteiger charge is -2.38. The minimum Gasteiger partial charge on any atom is -0.340 e. The maximum atomic E-state index is 12.4. The minimum atomic E-state index is -0.0949. The molecule has 102 valence electrons.